The summed E-state index contributed by atoms with van der Waals surface area (Å²) in [7, 11) is 0. The molecule has 0 saturated carbocycles. The highest BCUT2D eigenvalue weighted by molar-refractivity contribution is 6.31. The fourth-order valence-corrected chi connectivity index (χ4v) is 2.34. The van der Waals surface area contributed by atoms with Gasteiger partial charge < -0.3 is 5.11 Å². The summed E-state index contributed by atoms with van der Waals surface area (Å²) in [6.07, 6.45) is 3.55. The number of carboxylic acid groups (broad SMARTS) is 1. The lowest BCUT2D eigenvalue weighted by atomic mass is 10.1. The lowest BCUT2D eigenvalue weighted by Crippen LogP contribution is -1.95. The third-order valence-corrected chi connectivity index (χ3v) is 3.85. The summed E-state index contributed by atoms with van der Waals surface area (Å²) in [5.41, 5.74) is 3.77. The molecule has 3 aromatic rings. The molecule has 0 aliphatic rings. The van der Waals surface area contributed by atoms with Crippen LogP contribution in [0.4, 0.5) is 0 Å². The molecule has 3 rings (SSSR count). The third-order valence-electron chi connectivity index (χ3n) is 3.45. The molecule has 0 radical (unpaired) electrons. The molecule has 1 N–H and O–H groups in total. The molecule has 5 heteroatoms. The second kappa shape index (κ2) is 5.66. The molecule has 0 bridgehead atoms. The fraction of sp³-hybridized carbons (Fsp3) is 0.0588. The van der Waals surface area contributed by atoms with Crippen molar-refractivity contribution in [3.8, 4) is 16.8 Å². The maximum atomic E-state index is 11.0. The molecule has 0 atom stereocenters. The van der Waals surface area contributed by atoms with Crippen molar-refractivity contribution in [1.82, 2.24) is 9.78 Å². The van der Waals surface area contributed by atoms with E-state index in [1.54, 1.807) is 29.1 Å². The molecule has 110 valence electrons. The molecule has 22 heavy (non-hydrogen) atoms. The smallest absolute Gasteiger partial charge is 0.335 e. The number of halogens is 1. The summed E-state index contributed by atoms with van der Waals surface area (Å²) in [6.45, 7) is 1.94. The summed E-state index contributed by atoms with van der Waals surface area (Å²) in [6, 6.07) is 12.5. The van der Waals surface area contributed by atoms with E-state index in [0.717, 1.165) is 22.4 Å². The van der Waals surface area contributed by atoms with E-state index < -0.39 is 5.97 Å². The largest absolute Gasteiger partial charge is 0.478 e. The predicted octanol–water partition coefficient (Wildman–Crippen LogP) is 4.20. The maximum absolute atomic E-state index is 11.0. The Morgan fingerprint density at radius 1 is 1.18 bits per heavy atom. The van der Waals surface area contributed by atoms with Gasteiger partial charge in [0.25, 0.3) is 0 Å². The van der Waals surface area contributed by atoms with Gasteiger partial charge in [-0.1, -0.05) is 29.8 Å². The van der Waals surface area contributed by atoms with Crippen LogP contribution in [0.5, 0.6) is 0 Å². The van der Waals surface area contributed by atoms with E-state index in [1.165, 1.54) is 0 Å². The van der Waals surface area contributed by atoms with Crippen LogP contribution in [0.25, 0.3) is 16.8 Å². The molecular weight excluding hydrogens is 300 g/mol. The van der Waals surface area contributed by atoms with Crippen molar-refractivity contribution in [1.29, 1.82) is 0 Å². The Labute approximate surface area is 132 Å². The molecule has 1 aromatic heterocycles. The molecular formula is C17H13ClN2O2. The first-order chi connectivity index (χ1) is 10.5. The van der Waals surface area contributed by atoms with Gasteiger partial charge in [-0.2, -0.15) is 5.10 Å². The van der Waals surface area contributed by atoms with E-state index in [0.29, 0.717) is 5.02 Å². The van der Waals surface area contributed by atoms with Gasteiger partial charge in [-0.25, -0.2) is 9.48 Å². The number of aromatic carboxylic acids is 1. The van der Waals surface area contributed by atoms with E-state index in [-0.39, 0.29) is 5.56 Å². The number of benzene rings is 2. The summed E-state index contributed by atoms with van der Waals surface area (Å²) in [5, 5.41) is 14.1. The number of aryl methyl sites for hydroxylation is 1. The quantitative estimate of drug-likeness (QED) is 0.788. The van der Waals surface area contributed by atoms with Gasteiger partial charge in [-0.15, -0.1) is 0 Å². The Morgan fingerprint density at radius 3 is 2.73 bits per heavy atom. The van der Waals surface area contributed by atoms with Gasteiger partial charge in [-0.05, 0) is 42.3 Å². The van der Waals surface area contributed by atoms with Crippen molar-refractivity contribution in [3.05, 3.63) is 71.0 Å². The van der Waals surface area contributed by atoms with Gasteiger partial charge in [0.05, 0.1) is 17.4 Å². The van der Waals surface area contributed by atoms with Crippen LogP contribution in [0, 0.1) is 6.92 Å². The molecule has 0 spiro atoms. The first kappa shape index (κ1) is 14.4. The second-order valence-electron chi connectivity index (χ2n) is 4.99. The van der Waals surface area contributed by atoms with Crippen molar-refractivity contribution in [3.63, 3.8) is 0 Å². The van der Waals surface area contributed by atoms with Crippen LogP contribution in [0.1, 0.15) is 15.9 Å². The van der Waals surface area contributed by atoms with Crippen LogP contribution < -0.4 is 0 Å². The minimum absolute atomic E-state index is 0.253. The number of nitrogens with zero attached hydrogens (tertiary/aromatic N) is 2. The topological polar surface area (TPSA) is 55.1 Å². The van der Waals surface area contributed by atoms with Gasteiger partial charge >= 0.3 is 5.97 Å². The van der Waals surface area contributed by atoms with E-state index >= 15 is 0 Å². The summed E-state index contributed by atoms with van der Waals surface area (Å²) in [5.74, 6) is -0.945. The average Bonchev–Trinajstić information content (AvgIpc) is 3.00. The summed E-state index contributed by atoms with van der Waals surface area (Å²) < 4.78 is 1.72. The molecule has 0 unspecified atom stereocenters. The van der Waals surface area contributed by atoms with Crippen LogP contribution in [-0.2, 0) is 0 Å². The molecule has 0 aliphatic heterocycles. The van der Waals surface area contributed by atoms with Gasteiger partial charge in [0.1, 0.15) is 0 Å². The Hall–Kier alpha value is -2.59. The molecule has 1 heterocycles. The highest BCUT2D eigenvalue weighted by Crippen LogP contribution is 2.23. The molecule has 0 fully saturated rings. The molecule has 2 aromatic carbocycles. The van der Waals surface area contributed by atoms with Crippen LogP contribution in [0.15, 0.2) is 54.9 Å². The number of carboxylic acids is 1. The minimum atomic E-state index is -0.945. The maximum Gasteiger partial charge on any atom is 0.335 e. The second-order valence-corrected chi connectivity index (χ2v) is 5.40. The van der Waals surface area contributed by atoms with Crippen molar-refractivity contribution >= 4 is 17.6 Å². The molecule has 0 aliphatic carbocycles. The van der Waals surface area contributed by atoms with Crippen molar-refractivity contribution in [2.75, 3.05) is 0 Å². The number of aromatic nitrogens is 2. The normalized spacial score (nSPS) is 10.6. The van der Waals surface area contributed by atoms with Crippen LogP contribution in [0.3, 0.4) is 0 Å². The average molecular weight is 313 g/mol. The number of rotatable bonds is 3. The van der Waals surface area contributed by atoms with Crippen LogP contribution >= 0.6 is 11.6 Å². The van der Waals surface area contributed by atoms with Crippen molar-refractivity contribution in [2.45, 2.75) is 6.92 Å². The van der Waals surface area contributed by atoms with E-state index in [9.17, 15) is 4.79 Å². The molecule has 0 saturated heterocycles. The third kappa shape index (κ3) is 2.73. The van der Waals surface area contributed by atoms with Gasteiger partial charge in [-0.3, -0.25) is 0 Å². The summed E-state index contributed by atoms with van der Waals surface area (Å²) in [4.78, 5) is 11.0. The first-order valence-electron chi connectivity index (χ1n) is 6.69. The van der Waals surface area contributed by atoms with Gasteiger partial charge in [0.15, 0.2) is 0 Å². The standard InChI is InChI=1S/C17H13ClN2O2/c1-11-5-6-15(8-16(11)18)20-10-14(9-19-20)12-3-2-4-13(7-12)17(21)22/h2-10H,1H3,(H,21,22). The Morgan fingerprint density at radius 2 is 2.00 bits per heavy atom. The Bertz CT molecular complexity index is 855. The highest BCUT2D eigenvalue weighted by atomic mass is 35.5. The van der Waals surface area contributed by atoms with Crippen LogP contribution in [-0.4, -0.2) is 20.9 Å². The zero-order valence-corrected chi connectivity index (χ0v) is 12.6. The number of carbonyl (C=O) groups is 1. The summed E-state index contributed by atoms with van der Waals surface area (Å²) >= 11 is 6.14. The fourth-order valence-electron chi connectivity index (χ4n) is 2.17. The monoisotopic (exact) mass is 312 g/mol. The zero-order valence-electron chi connectivity index (χ0n) is 11.8. The first-order valence-corrected chi connectivity index (χ1v) is 7.07. The lowest BCUT2D eigenvalue weighted by Gasteiger charge is -2.04. The molecule has 4 nitrogen and oxygen atoms in total. The highest BCUT2D eigenvalue weighted by Gasteiger charge is 2.08. The van der Waals surface area contributed by atoms with E-state index in [2.05, 4.69) is 5.10 Å². The van der Waals surface area contributed by atoms with Crippen LogP contribution in [0.2, 0.25) is 5.02 Å². The van der Waals surface area contributed by atoms with Crippen molar-refractivity contribution < 1.29 is 9.90 Å². The predicted molar refractivity (Wildman–Crippen MR) is 85.7 cm³/mol. The lowest BCUT2D eigenvalue weighted by molar-refractivity contribution is 0.0697. The van der Waals surface area contributed by atoms with Gasteiger partial charge in [0.2, 0.25) is 0 Å². The Balaban J connectivity index is 1.98. The minimum Gasteiger partial charge on any atom is -0.478 e. The Kier molecular flexibility index (Phi) is 3.69. The van der Waals surface area contributed by atoms with E-state index in [1.807, 2.05) is 37.4 Å². The zero-order chi connectivity index (χ0) is 15.7. The van der Waals surface area contributed by atoms with E-state index in [4.69, 9.17) is 16.7 Å². The molecule has 0 amide bonds. The SMILES string of the molecule is Cc1ccc(-n2cc(-c3cccc(C(=O)O)c3)cn2)cc1Cl. The van der Waals surface area contributed by atoms with Crippen molar-refractivity contribution in [2.24, 2.45) is 0 Å². The number of hydrogen-bond acceptors (Lipinski definition) is 2. The van der Waals surface area contributed by atoms with Gasteiger partial charge in [0, 0.05) is 16.8 Å². The number of hydrogen-bond donors (Lipinski definition) is 1.